The fourth-order valence-electron chi connectivity index (χ4n) is 3.15. The normalized spacial score (nSPS) is 16.6. The zero-order valence-corrected chi connectivity index (χ0v) is 15.4. The molecule has 1 unspecified atom stereocenters. The quantitative estimate of drug-likeness (QED) is 0.706. The van der Waals surface area contributed by atoms with Gasteiger partial charge in [0.1, 0.15) is 5.75 Å². The van der Waals surface area contributed by atoms with Gasteiger partial charge in [0.15, 0.2) is 11.8 Å². The van der Waals surface area contributed by atoms with Crippen molar-refractivity contribution in [1.82, 2.24) is 19.5 Å². The first kappa shape index (κ1) is 17.8. The third-order valence-corrected chi connectivity index (χ3v) is 4.78. The molecule has 3 heterocycles. The topological polar surface area (TPSA) is 109 Å². The van der Waals surface area contributed by atoms with Gasteiger partial charge >= 0.3 is 5.69 Å². The van der Waals surface area contributed by atoms with E-state index in [1.807, 2.05) is 6.92 Å². The maximum absolute atomic E-state index is 12.5. The molecular weight excluding hydrogens is 362 g/mol. The predicted molar refractivity (Wildman–Crippen MR) is 102 cm³/mol. The van der Waals surface area contributed by atoms with Gasteiger partial charge in [0.2, 0.25) is 0 Å². The lowest BCUT2D eigenvalue weighted by atomic mass is 10.1. The Morgan fingerprint density at radius 1 is 1.29 bits per heavy atom. The molecule has 144 valence electrons. The average molecular weight is 381 g/mol. The number of fused-ring (bicyclic) bond motifs is 1. The molecule has 0 spiro atoms. The summed E-state index contributed by atoms with van der Waals surface area (Å²) in [4.78, 5) is 37.8. The van der Waals surface area contributed by atoms with Crippen molar-refractivity contribution in [2.24, 2.45) is 0 Å². The number of carbonyl (C=O) groups is 2. The van der Waals surface area contributed by atoms with Gasteiger partial charge in [0.25, 0.3) is 11.8 Å². The maximum atomic E-state index is 12.5. The first-order chi connectivity index (χ1) is 13.4. The number of likely N-dealkylation sites (N-methyl/N-ethyl adjacent to an activating group) is 1. The maximum Gasteiger partial charge on any atom is 0.347 e. The fraction of sp³-hybridized carbons (Fsp3) is 0.263. The molecule has 9 heteroatoms. The molecule has 1 saturated heterocycles. The number of ether oxygens (including phenoxy) is 1. The van der Waals surface area contributed by atoms with E-state index in [-0.39, 0.29) is 11.8 Å². The number of amides is 2. The van der Waals surface area contributed by atoms with E-state index in [1.54, 1.807) is 42.3 Å². The van der Waals surface area contributed by atoms with Crippen LogP contribution in [0.2, 0.25) is 0 Å². The lowest BCUT2D eigenvalue weighted by molar-refractivity contribution is -0.132. The second-order valence-corrected chi connectivity index (χ2v) is 6.76. The molecule has 4 rings (SSSR count). The average Bonchev–Trinajstić information content (AvgIpc) is 3.20. The molecule has 2 N–H and O–H groups in total. The first-order valence-corrected chi connectivity index (χ1v) is 8.83. The highest BCUT2D eigenvalue weighted by Gasteiger charge is 2.30. The van der Waals surface area contributed by atoms with E-state index in [2.05, 4.69) is 15.5 Å². The van der Waals surface area contributed by atoms with Crippen LogP contribution in [0, 0.1) is 6.92 Å². The lowest BCUT2D eigenvalue weighted by Gasteiger charge is -2.15. The van der Waals surface area contributed by atoms with Crippen molar-refractivity contribution in [2.75, 3.05) is 18.9 Å². The van der Waals surface area contributed by atoms with Crippen LogP contribution in [0.15, 0.2) is 41.3 Å². The van der Waals surface area contributed by atoms with Crippen LogP contribution in [0.25, 0.3) is 5.65 Å². The minimum absolute atomic E-state index is 0.0279. The van der Waals surface area contributed by atoms with Gasteiger partial charge in [0, 0.05) is 31.9 Å². The van der Waals surface area contributed by atoms with Gasteiger partial charge in [-0.15, -0.1) is 0 Å². The monoisotopic (exact) mass is 381 g/mol. The van der Waals surface area contributed by atoms with Crippen LogP contribution in [-0.4, -0.2) is 51.0 Å². The molecule has 0 aliphatic carbocycles. The van der Waals surface area contributed by atoms with E-state index in [0.717, 1.165) is 5.56 Å². The zero-order valence-electron chi connectivity index (χ0n) is 15.4. The number of likely N-dealkylation sites (tertiary alicyclic amines) is 1. The summed E-state index contributed by atoms with van der Waals surface area (Å²) in [7, 11) is 1.75. The minimum atomic E-state index is -0.468. The molecule has 2 amide bonds. The number of nitrogens with zero attached hydrogens (tertiary/aromatic N) is 3. The van der Waals surface area contributed by atoms with Crippen LogP contribution in [0.5, 0.6) is 5.75 Å². The molecule has 1 aliphatic rings. The van der Waals surface area contributed by atoms with Crippen molar-refractivity contribution < 1.29 is 14.3 Å². The van der Waals surface area contributed by atoms with Crippen LogP contribution in [0.4, 0.5) is 5.69 Å². The summed E-state index contributed by atoms with van der Waals surface area (Å²) in [6.07, 6.45) is 1.62. The minimum Gasteiger partial charge on any atom is -0.481 e. The predicted octanol–water partition coefficient (Wildman–Crippen LogP) is 1.19. The van der Waals surface area contributed by atoms with Crippen molar-refractivity contribution in [3.8, 4) is 5.75 Å². The Balaban J connectivity index is 1.49. The van der Waals surface area contributed by atoms with Crippen LogP contribution < -0.4 is 15.7 Å². The molecule has 9 nitrogen and oxygen atoms in total. The van der Waals surface area contributed by atoms with E-state index < -0.39 is 11.8 Å². The second kappa shape index (κ2) is 6.84. The lowest BCUT2D eigenvalue weighted by Crippen LogP contribution is -2.29. The summed E-state index contributed by atoms with van der Waals surface area (Å²) in [6.45, 7) is 2.52. The fourth-order valence-corrected chi connectivity index (χ4v) is 3.15. The molecule has 0 saturated carbocycles. The Morgan fingerprint density at radius 3 is 2.82 bits per heavy atom. The number of benzene rings is 1. The highest BCUT2D eigenvalue weighted by atomic mass is 16.5. The summed E-state index contributed by atoms with van der Waals surface area (Å²) in [6, 6.07) is 8.42. The van der Waals surface area contributed by atoms with Gasteiger partial charge in [-0.2, -0.15) is 5.10 Å². The number of aryl methyl sites for hydroxylation is 1. The Hall–Kier alpha value is -3.62. The number of nitrogens with one attached hydrogen (secondary N) is 2. The number of carbonyl (C=O) groups excluding carboxylic acids is 2. The van der Waals surface area contributed by atoms with Gasteiger partial charge in [-0.3, -0.25) is 9.59 Å². The number of rotatable bonds is 4. The molecule has 0 bridgehead atoms. The summed E-state index contributed by atoms with van der Waals surface area (Å²) in [5.74, 6) is 0.204. The summed E-state index contributed by atoms with van der Waals surface area (Å²) >= 11 is 0. The number of aromatic nitrogens is 3. The molecule has 28 heavy (non-hydrogen) atoms. The van der Waals surface area contributed by atoms with Crippen LogP contribution in [-0.2, 0) is 4.79 Å². The van der Waals surface area contributed by atoms with Crippen LogP contribution >= 0.6 is 0 Å². The Labute approximate surface area is 159 Å². The van der Waals surface area contributed by atoms with Gasteiger partial charge in [-0.1, -0.05) is 0 Å². The first-order valence-electron chi connectivity index (χ1n) is 8.83. The molecule has 3 aromatic rings. The van der Waals surface area contributed by atoms with Crippen molar-refractivity contribution in [2.45, 2.75) is 19.4 Å². The molecule has 1 fully saturated rings. The third kappa shape index (κ3) is 3.22. The molecule has 1 aliphatic heterocycles. The molecule has 1 aromatic carbocycles. The number of H-pyrrole nitrogens is 1. The van der Waals surface area contributed by atoms with Crippen LogP contribution in [0.3, 0.4) is 0 Å². The Bertz CT molecular complexity index is 1130. The van der Waals surface area contributed by atoms with Crippen molar-refractivity contribution in [3.63, 3.8) is 0 Å². The van der Waals surface area contributed by atoms with Crippen LogP contribution in [0.1, 0.15) is 22.3 Å². The smallest absolute Gasteiger partial charge is 0.347 e. The number of hydrogen-bond acceptors (Lipinski definition) is 5. The van der Waals surface area contributed by atoms with Gasteiger partial charge in [0.05, 0.1) is 5.56 Å². The van der Waals surface area contributed by atoms with E-state index in [9.17, 15) is 14.4 Å². The highest BCUT2D eigenvalue weighted by molar-refractivity contribution is 6.04. The second-order valence-electron chi connectivity index (χ2n) is 6.76. The standard InChI is InChI=1S/C19H19N5O4/c1-11-9-13(28-15-7-8-23(2)18(15)26)4-5-14(11)20-17(25)12-3-6-16-21-22-19(27)24(16)10-12/h3-6,9-10,15H,7-8H2,1-2H3,(H,20,25)(H,22,27). The van der Waals surface area contributed by atoms with Gasteiger partial charge in [-0.05, 0) is 42.8 Å². The summed E-state index contributed by atoms with van der Waals surface area (Å²) in [5.41, 5.74) is 1.77. The van der Waals surface area contributed by atoms with Gasteiger partial charge < -0.3 is 15.0 Å². The Kier molecular flexibility index (Phi) is 4.34. The molecule has 1 atom stereocenters. The van der Waals surface area contributed by atoms with Gasteiger partial charge in [-0.25, -0.2) is 14.3 Å². The zero-order chi connectivity index (χ0) is 19.8. The van der Waals surface area contributed by atoms with Crippen molar-refractivity contribution in [1.29, 1.82) is 0 Å². The van der Waals surface area contributed by atoms with Crippen molar-refractivity contribution >= 4 is 23.1 Å². The molecular formula is C19H19N5O4. The summed E-state index contributed by atoms with van der Waals surface area (Å²) < 4.78 is 7.06. The van der Waals surface area contributed by atoms with Crippen molar-refractivity contribution in [3.05, 3.63) is 58.1 Å². The number of aromatic amines is 1. The SMILES string of the molecule is Cc1cc(OC2CCN(C)C2=O)ccc1NC(=O)c1ccc2n[nH]c(=O)n2c1. The van der Waals surface area contributed by atoms with E-state index in [4.69, 9.17) is 4.74 Å². The Morgan fingerprint density at radius 2 is 2.11 bits per heavy atom. The van der Waals surface area contributed by atoms with E-state index in [1.165, 1.54) is 10.6 Å². The number of anilines is 1. The molecule has 2 aromatic heterocycles. The molecule has 0 radical (unpaired) electrons. The summed E-state index contributed by atoms with van der Waals surface area (Å²) in [5, 5.41) is 8.98. The van der Waals surface area contributed by atoms with E-state index in [0.29, 0.717) is 35.6 Å². The largest absolute Gasteiger partial charge is 0.481 e. The number of pyridine rings is 1. The third-order valence-electron chi connectivity index (χ3n) is 4.78. The number of hydrogen-bond donors (Lipinski definition) is 2. The highest BCUT2D eigenvalue weighted by Crippen LogP contribution is 2.25. The van der Waals surface area contributed by atoms with E-state index >= 15 is 0 Å².